The van der Waals surface area contributed by atoms with Gasteiger partial charge in [0.15, 0.2) is 5.78 Å². The second-order valence-electron chi connectivity index (χ2n) is 5.71. The molecule has 2 aromatic heterocycles. The Hall–Kier alpha value is -1.27. The monoisotopic (exact) mass is 323 g/mol. The maximum absolute atomic E-state index is 12.6. The number of aromatic nitrogens is 1. The molecule has 2 atom stereocenters. The molecular weight excluding hydrogens is 306 g/mol. The van der Waals surface area contributed by atoms with Crippen molar-refractivity contribution in [3.63, 3.8) is 0 Å². The van der Waals surface area contributed by atoms with Crippen molar-refractivity contribution < 1.29 is 13.2 Å². The summed E-state index contributed by atoms with van der Waals surface area (Å²) in [4.78, 5) is 16.9. The van der Waals surface area contributed by atoms with E-state index in [0.29, 0.717) is 18.4 Å². The van der Waals surface area contributed by atoms with Crippen molar-refractivity contribution in [2.75, 3.05) is 6.26 Å². The second-order valence-corrected chi connectivity index (χ2v) is 8.98. The number of fused-ring (bicyclic) bond motifs is 1. The number of hydrogen-bond acceptors (Lipinski definition) is 5. The van der Waals surface area contributed by atoms with Gasteiger partial charge in [0.1, 0.15) is 9.84 Å². The van der Waals surface area contributed by atoms with E-state index in [9.17, 15) is 13.2 Å². The van der Waals surface area contributed by atoms with Gasteiger partial charge in [0.2, 0.25) is 0 Å². The van der Waals surface area contributed by atoms with Gasteiger partial charge in [0.25, 0.3) is 0 Å². The molecule has 0 amide bonds. The molecule has 0 saturated heterocycles. The molecule has 4 nitrogen and oxygen atoms in total. The maximum atomic E-state index is 12.6. The third-order valence-electron chi connectivity index (χ3n) is 4.19. The lowest BCUT2D eigenvalue weighted by Gasteiger charge is -2.26. The average molecular weight is 323 g/mol. The Balaban J connectivity index is 1.83. The number of carbonyl (C=O) groups excluding carboxylic acids is 1. The van der Waals surface area contributed by atoms with Crippen LogP contribution in [0, 0.1) is 5.92 Å². The van der Waals surface area contributed by atoms with Crippen molar-refractivity contribution in [2.45, 2.75) is 30.9 Å². The van der Waals surface area contributed by atoms with E-state index in [4.69, 9.17) is 0 Å². The number of ketones is 1. The summed E-state index contributed by atoms with van der Waals surface area (Å²) < 4.78 is 24.4. The number of hydrogen-bond donors (Lipinski definition) is 0. The zero-order valence-corrected chi connectivity index (χ0v) is 13.4. The topological polar surface area (TPSA) is 64.1 Å². The summed E-state index contributed by atoms with van der Waals surface area (Å²) in [5, 5.41) is 1.57. The van der Waals surface area contributed by atoms with Crippen molar-refractivity contribution in [1.29, 1.82) is 0 Å². The third-order valence-corrected chi connectivity index (χ3v) is 6.68. The van der Waals surface area contributed by atoms with Gasteiger partial charge in [-0.2, -0.15) is 0 Å². The van der Waals surface area contributed by atoms with E-state index in [1.165, 1.54) is 6.26 Å². The van der Waals surface area contributed by atoms with E-state index < -0.39 is 9.84 Å². The minimum absolute atomic E-state index is 0.0335. The molecule has 1 fully saturated rings. The molecule has 0 bridgehead atoms. The van der Waals surface area contributed by atoms with Gasteiger partial charge in [0, 0.05) is 23.9 Å². The van der Waals surface area contributed by atoms with Crippen molar-refractivity contribution in [3.8, 4) is 0 Å². The molecule has 112 valence electrons. The highest BCUT2D eigenvalue weighted by Gasteiger charge is 2.32. The first-order valence-electron chi connectivity index (χ1n) is 7.01. The number of Topliss-reactive ketones (excluding diaryl/α,β-unsaturated/α-hetero) is 1. The van der Waals surface area contributed by atoms with Crippen LogP contribution in [0.2, 0.25) is 0 Å². The summed E-state index contributed by atoms with van der Waals surface area (Å²) in [7, 11) is -3.07. The van der Waals surface area contributed by atoms with Gasteiger partial charge >= 0.3 is 0 Å². The fourth-order valence-corrected chi connectivity index (χ4v) is 4.95. The van der Waals surface area contributed by atoms with Crippen molar-refractivity contribution in [2.24, 2.45) is 5.92 Å². The predicted molar refractivity (Wildman–Crippen MR) is 84.5 cm³/mol. The lowest BCUT2D eigenvalue weighted by molar-refractivity contribution is 0.0891. The highest BCUT2D eigenvalue weighted by molar-refractivity contribution is 7.91. The molecule has 6 heteroatoms. The van der Waals surface area contributed by atoms with Crippen LogP contribution in [-0.2, 0) is 9.84 Å². The Morgan fingerprint density at radius 2 is 2.19 bits per heavy atom. The van der Waals surface area contributed by atoms with E-state index in [-0.39, 0.29) is 17.0 Å². The van der Waals surface area contributed by atoms with Crippen LogP contribution in [-0.4, -0.2) is 30.7 Å². The van der Waals surface area contributed by atoms with Crippen molar-refractivity contribution >= 4 is 37.2 Å². The van der Waals surface area contributed by atoms with Gasteiger partial charge in [-0.05, 0) is 36.8 Å². The van der Waals surface area contributed by atoms with E-state index >= 15 is 0 Å². The molecule has 1 aliphatic rings. The molecule has 0 spiro atoms. The van der Waals surface area contributed by atoms with Gasteiger partial charge in [-0.15, -0.1) is 11.3 Å². The summed E-state index contributed by atoms with van der Waals surface area (Å²) in [5.41, 5.74) is 1.50. The predicted octanol–water partition coefficient (Wildman–Crippen LogP) is 3.08. The van der Waals surface area contributed by atoms with E-state index in [2.05, 4.69) is 4.98 Å². The first-order valence-corrected chi connectivity index (χ1v) is 9.85. The van der Waals surface area contributed by atoms with E-state index in [0.717, 1.165) is 23.1 Å². The minimum Gasteiger partial charge on any atom is -0.294 e. The summed E-state index contributed by atoms with van der Waals surface area (Å²) in [6.45, 7) is 0. The molecular formula is C15H17NO3S2. The molecule has 0 aliphatic heterocycles. The highest BCUT2D eigenvalue weighted by Crippen LogP contribution is 2.31. The number of rotatable bonds is 3. The van der Waals surface area contributed by atoms with Crippen LogP contribution in [0.25, 0.3) is 10.2 Å². The Morgan fingerprint density at radius 1 is 1.38 bits per heavy atom. The van der Waals surface area contributed by atoms with E-state index in [1.54, 1.807) is 17.5 Å². The Morgan fingerprint density at radius 3 is 2.95 bits per heavy atom. The summed E-state index contributed by atoms with van der Waals surface area (Å²) in [6, 6.07) is 3.80. The molecule has 1 saturated carbocycles. The van der Waals surface area contributed by atoms with Crippen LogP contribution >= 0.6 is 11.3 Å². The number of sulfone groups is 1. The van der Waals surface area contributed by atoms with Gasteiger partial charge < -0.3 is 0 Å². The largest absolute Gasteiger partial charge is 0.294 e. The molecule has 0 aromatic carbocycles. The Kier molecular flexibility index (Phi) is 3.84. The number of pyridine rings is 1. The van der Waals surface area contributed by atoms with E-state index in [1.807, 2.05) is 17.5 Å². The normalized spacial score (nSPS) is 23.3. The smallest absolute Gasteiger partial charge is 0.167 e. The second kappa shape index (κ2) is 5.50. The van der Waals surface area contributed by atoms with Gasteiger partial charge in [-0.1, -0.05) is 6.42 Å². The molecule has 0 N–H and O–H groups in total. The summed E-state index contributed by atoms with van der Waals surface area (Å²) in [6.07, 6.45) is 5.56. The van der Waals surface area contributed by atoms with Gasteiger partial charge in [-0.3, -0.25) is 9.78 Å². The van der Waals surface area contributed by atoms with Crippen LogP contribution < -0.4 is 0 Å². The highest BCUT2D eigenvalue weighted by atomic mass is 32.2. The zero-order chi connectivity index (χ0) is 15.0. The van der Waals surface area contributed by atoms with Gasteiger partial charge in [-0.25, -0.2) is 8.42 Å². The number of carbonyl (C=O) groups is 1. The lowest BCUT2D eigenvalue weighted by atomic mass is 9.84. The molecule has 1 aliphatic carbocycles. The van der Waals surface area contributed by atoms with Crippen LogP contribution in [0.5, 0.6) is 0 Å². The van der Waals surface area contributed by atoms with Crippen molar-refractivity contribution in [1.82, 2.24) is 4.98 Å². The van der Waals surface area contributed by atoms with Crippen LogP contribution in [0.4, 0.5) is 0 Å². The van der Waals surface area contributed by atoms with Crippen molar-refractivity contribution in [3.05, 3.63) is 29.3 Å². The first kappa shape index (κ1) is 14.7. The molecule has 0 radical (unpaired) electrons. The first-order chi connectivity index (χ1) is 9.95. The quantitative estimate of drug-likeness (QED) is 0.814. The van der Waals surface area contributed by atoms with Crippen LogP contribution in [0.1, 0.15) is 36.0 Å². The number of thiophene rings is 1. The van der Waals surface area contributed by atoms with Crippen LogP contribution in [0.15, 0.2) is 23.7 Å². The molecule has 2 heterocycles. The molecule has 2 unspecified atom stereocenters. The SMILES string of the molecule is CS(=O)(=O)C1CCCC(C(=O)c2cnc3ccsc3c2)C1. The van der Waals surface area contributed by atoms with Crippen LogP contribution in [0.3, 0.4) is 0 Å². The average Bonchev–Trinajstić information content (AvgIpc) is 2.93. The zero-order valence-electron chi connectivity index (χ0n) is 11.8. The minimum atomic E-state index is -3.07. The Labute approximate surface area is 128 Å². The van der Waals surface area contributed by atoms with Gasteiger partial charge in [0.05, 0.1) is 15.5 Å². The summed E-state index contributed by atoms with van der Waals surface area (Å²) in [5.74, 6) is -0.163. The standard InChI is InChI=1S/C15H17NO3S2/c1-21(18,19)12-4-2-3-10(7-12)15(17)11-8-14-13(16-9-11)5-6-20-14/h5-6,8-10,12H,2-4,7H2,1H3. The lowest BCUT2D eigenvalue weighted by Crippen LogP contribution is -2.31. The fourth-order valence-electron chi connectivity index (χ4n) is 2.99. The molecule has 2 aromatic rings. The Bertz CT molecular complexity index is 779. The molecule has 3 rings (SSSR count). The third kappa shape index (κ3) is 3.01. The summed E-state index contributed by atoms with van der Waals surface area (Å²) >= 11 is 1.56. The fraction of sp³-hybridized carbons (Fsp3) is 0.467. The molecule has 21 heavy (non-hydrogen) atoms. The maximum Gasteiger partial charge on any atom is 0.167 e. The number of nitrogens with zero attached hydrogens (tertiary/aromatic N) is 1.